The van der Waals surface area contributed by atoms with Gasteiger partial charge in [-0.1, -0.05) is 0 Å². The first-order valence-corrected chi connectivity index (χ1v) is 6.18. The topological polar surface area (TPSA) is 62.9 Å². The van der Waals surface area contributed by atoms with Gasteiger partial charge in [0.05, 0.1) is 27.9 Å². The Morgan fingerprint density at radius 1 is 1.00 bits per heavy atom. The van der Waals surface area contributed by atoms with Gasteiger partial charge in [-0.05, 0) is 36.6 Å². The van der Waals surface area contributed by atoms with Gasteiger partial charge in [-0.3, -0.25) is 0 Å². The molecule has 1 aromatic rings. The van der Waals surface area contributed by atoms with Crippen molar-refractivity contribution in [2.75, 3.05) is 41.6 Å². The Morgan fingerprint density at radius 3 is 1.95 bits per heavy atom. The molecule has 0 saturated carbocycles. The van der Waals surface area contributed by atoms with Crippen LogP contribution in [0.2, 0.25) is 0 Å². The molecule has 0 bridgehead atoms. The van der Waals surface area contributed by atoms with Crippen LogP contribution in [0.4, 0.5) is 0 Å². The highest BCUT2D eigenvalue weighted by molar-refractivity contribution is 5.53. The summed E-state index contributed by atoms with van der Waals surface area (Å²) in [4.78, 5) is 0. The zero-order valence-electron chi connectivity index (χ0n) is 12.1. The zero-order valence-corrected chi connectivity index (χ0v) is 12.1. The van der Waals surface area contributed by atoms with Crippen LogP contribution in [-0.2, 0) is 11.2 Å². The molecule has 0 fully saturated rings. The van der Waals surface area contributed by atoms with Crippen LogP contribution < -0.4 is 19.9 Å². The van der Waals surface area contributed by atoms with Crippen molar-refractivity contribution in [3.05, 3.63) is 17.7 Å². The molecule has 0 aliphatic carbocycles. The smallest absolute Gasteiger partial charge is 0.203 e. The number of ether oxygens (including phenoxy) is 4. The van der Waals surface area contributed by atoms with E-state index < -0.39 is 0 Å². The molecule has 1 rings (SSSR count). The van der Waals surface area contributed by atoms with Crippen LogP contribution in [-0.4, -0.2) is 41.6 Å². The molecule has 5 heteroatoms. The normalized spacial score (nSPS) is 12.1. The molecule has 0 saturated heterocycles. The molecule has 0 spiro atoms. The Bertz CT molecular complexity index is 370. The molecule has 0 aliphatic heterocycles. The second-order valence-corrected chi connectivity index (χ2v) is 4.29. The van der Waals surface area contributed by atoms with E-state index in [1.54, 1.807) is 28.4 Å². The fourth-order valence-electron chi connectivity index (χ4n) is 2.03. The molecule has 19 heavy (non-hydrogen) atoms. The molecule has 1 atom stereocenters. The quantitative estimate of drug-likeness (QED) is 0.774. The number of hydrogen-bond acceptors (Lipinski definition) is 5. The minimum absolute atomic E-state index is 0.271. The molecule has 108 valence electrons. The summed E-state index contributed by atoms with van der Waals surface area (Å²) >= 11 is 0. The minimum atomic E-state index is 0.271. The molecular weight excluding hydrogens is 246 g/mol. The van der Waals surface area contributed by atoms with E-state index >= 15 is 0 Å². The molecule has 5 nitrogen and oxygen atoms in total. The summed E-state index contributed by atoms with van der Waals surface area (Å²) in [7, 11) is 6.48. The van der Waals surface area contributed by atoms with E-state index in [-0.39, 0.29) is 5.92 Å². The molecule has 0 aliphatic rings. The largest absolute Gasteiger partial charge is 0.493 e. The summed E-state index contributed by atoms with van der Waals surface area (Å²) in [6.07, 6.45) is 0.807. The highest BCUT2D eigenvalue weighted by Gasteiger charge is 2.15. The Balaban J connectivity index is 3.01. The van der Waals surface area contributed by atoms with E-state index in [0.29, 0.717) is 30.4 Å². The lowest BCUT2D eigenvalue weighted by Gasteiger charge is -2.17. The van der Waals surface area contributed by atoms with Gasteiger partial charge in [0.1, 0.15) is 0 Å². The van der Waals surface area contributed by atoms with Gasteiger partial charge in [-0.2, -0.15) is 0 Å². The summed E-state index contributed by atoms with van der Waals surface area (Å²) in [5.74, 6) is 2.19. The third-order valence-electron chi connectivity index (χ3n) is 2.98. The fraction of sp³-hybridized carbons (Fsp3) is 0.571. The van der Waals surface area contributed by atoms with Crippen LogP contribution >= 0.6 is 0 Å². The van der Waals surface area contributed by atoms with Crippen molar-refractivity contribution in [3.63, 3.8) is 0 Å². The van der Waals surface area contributed by atoms with Crippen molar-refractivity contribution < 1.29 is 18.9 Å². The zero-order chi connectivity index (χ0) is 14.3. The molecule has 0 amide bonds. The summed E-state index contributed by atoms with van der Waals surface area (Å²) in [5.41, 5.74) is 6.82. The van der Waals surface area contributed by atoms with Crippen LogP contribution in [0.25, 0.3) is 0 Å². The van der Waals surface area contributed by atoms with Crippen LogP contribution in [0.5, 0.6) is 17.2 Å². The second-order valence-electron chi connectivity index (χ2n) is 4.29. The average molecular weight is 269 g/mol. The number of nitrogens with two attached hydrogens (primary N) is 1. The first-order valence-electron chi connectivity index (χ1n) is 6.18. The lowest BCUT2D eigenvalue weighted by molar-refractivity contribution is 0.155. The summed E-state index contributed by atoms with van der Waals surface area (Å²) in [6.45, 7) is 1.21. The van der Waals surface area contributed by atoms with E-state index in [1.165, 1.54) is 0 Å². The summed E-state index contributed by atoms with van der Waals surface area (Å²) in [5, 5.41) is 0. The third-order valence-corrected chi connectivity index (χ3v) is 2.98. The molecule has 1 aromatic carbocycles. The summed E-state index contributed by atoms with van der Waals surface area (Å²) < 4.78 is 21.1. The first-order chi connectivity index (χ1) is 9.19. The van der Waals surface area contributed by atoms with Crippen molar-refractivity contribution >= 4 is 0 Å². The third kappa shape index (κ3) is 4.01. The van der Waals surface area contributed by atoms with E-state index in [2.05, 4.69) is 0 Å². The van der Waals surface area contributed by atoms with Crippen molar-refractivity contribution in [1.29, 1.82) is 0 Å². The molecular formula is C14H23NO4. The Morgan fingerprint density at radius 2 is 1.58 bits per heavy atom. The van der Waals surface area contributed by atoms with Crippen LogP contribution in [0, 0.1) is 5.92 Å². The van der Waals surface area contributed by atoms with Gasteiger partial charge in [0.25, 0.3) is 0 Å². The molecule has 2 N–H and O–H groups in total. The highest BCUT2D eigenvalue weighted by atomic mass is 16.5. The van der Waals surface area contributed by atoms with Gasteiger partial charge in [-0.15, -0.1) is 0 Å². The predicted molar refractivity (Wildman–Crippen MR) is 74.2 cm³/mol. The van der Waals surface area contributed by atoms with Gasteiger partial charge in [0, 0.05) is 7.11 Å². The number of hydrogen-bond donors (Lipinski definition) is 1. The fourth-order valence-corrected chi connectivity index (χ4v) is 2.03. The van der Waals surface area contributed by atoms with Gasteiger partial charge in [0.15, 0.2) is 11.5 Å². The molecule has 1 unspecified atom stereocenters. The maximum Gasteiger partial charge on any atom is 0.203 e. The Kier molecular flexibility index (Phi) is 6.45. The lowest BCUT2D eigenvalue weighted by Crippen LogP contribution is -2.21. The van der Waals surface area contributed by atoms with Crippen molar-refractivity contribution in [2.24, 2.45) is 11.7 Å². The van der Waals surface area contributed by atoms with Crippen molar-refractivity contribution in [2.45, 2.75) is 6.42 Å². The van der Waals surface area contributed by atoms with E-state index in [0.717, 1.165) is 12.0 Å². The summed E-state index contributed by atoms with van der Waals surface area (Å²) in [6, 6.07) is 3.89. The van der Waals surface area contributed by atoms with E-state index in [4.69, 9.17) is 24.7 Å². The van der Waals surface area contributed by atoms with Crippen LogP contribution in [0.3, 0.4) is 0 Å². The molecule has 0 radical (unpaired) electrons. The Hall–Kier alpha value is -1.46. The SMILES string of the molecule is COCC(CN)Cc1cc(OC)c(OC)c(OC)c1. The van der Waals surface area contributed by atoms with Crippen molar-refractivity contribution in [1.82, 2.24) is 0 Å². The lowest BCUT2D eigenvalue weighted by atomic mass is 9.99. The van der Waals surface area contributed by atoms with Gasteiger partial charge in [-0.25, -0.2) is 0 Å². The Labute approximate surface area is 114 Å². The standard InChI is InChI=1S/C14H23NO4/c1-16-9-11(8-15)5-10-6-12(17-2)14(19-4)13(7-10)18-3/h6-7,11H,5,8-9,15H2,1-4H3. The number of rotatable bonds is 8. The van der Waals surface area contributed by atoms with Gasteiger partial charge in [0.2, 0.25) is 5.75 Å². The van der Waals surface area contributed by atoms with Crippen LogP contribution in [0.1, 0.15) is 5.56 Å². The number of benzene rings is 1. The number of methoxy groups -OCH3 is 4. The van der Waals surface area contributed by atoms with Crippen LogP contribution in [0.15, 0.2) is 12.1 Å². The molecule has 0 aromatic heterocycles. The second kappa shape index (κ2) is 7.86. The minimum Gasteiger partial charge on any atom is -0.493 e. The maximum atomic E-state index is 5.74. The maximum absolute atomic E-state index is 5.74. The van der Waals surface area contributed by atoms with Gasteiger partial charge < -0.3 is 24.7 Å². The monoisotopic (exact) mass is 269 g/mol. The highest BCUT2D eigenvalue weighted by Crippen LogP contribution is 2.38. The van der Waals surface area contributed by atoms with Gasteiger partial charge >= 0.3 is 0 Å². The first kappa shape index (κ1) is 15.6. The van der Waals surface area contributed by atoms with E-state index in [1.807, 2.05) is 12.1 Å². The average Bonchev–Trinajstić information content (AvgIpc) is 2.45. The van der Waals surface area contributed by atoms with Crippen molar-refractivity contribution in [3.8, 4) is 17.2 Å². The van der Waals surface area contributed by atoms with E-state index in [9.17, 15) is 0 Å². The molecule has 0 heterocycles. The predicted octanol–water partition coefficient (Wildman–Crippen LogP) is 1.48.